The fourth-order valence-electron chi connectivity index (χ4n) is 1.82. The Balaban J connectivity index is 2.49. The lowest BCUT2D eigenvalue weighted by atomic mass is 10.1. The van der Waals surface area contributed by atoms with Crippen LogP contribution in [0.3, 0.4) is 0 Å². The molecule has 1 aliphatic carbocycles. The number of nitrogens with one attached hydrogen (secondary N) is 1. The van der Waals surface area contributed by atoms with Gasteiger partial charge in [-0.25, -0.2) is 0 Å². The quantitative estimate of drug-likeness (QED) is 0.549. The van der Waals surface area contributed by atoms with Crippen LogP contribution in [0, 0.1) is 0 Å². The Bertz CT molecular complexity index is 654. The summed E-state index contributed by atoms with van der Waals surface area (Å²) in [7, 11) is 0. The van der Waals surface area contributed by atoms with Gasteiger partial charge < -0.3 is 4.98 Å². The number of hydrogen-bond acceptors (Lipinski definition) is 1. The van der Waals surface area contributed by atoms with Crippen LogP contribution in [-0.4, -0.2) is 4.98 Å². The van der Waals surface area contributed by atoms with Crippen molar-refractivity contribution in [2.24, 2.45) is 0 Å². The van der Waals surface area contributed by atoms with E-state index in [0.29, 0.717) is 0 Å². The van der Waals surface area contributed by atoms with Crippen LogP contribution in [0.5, 0.6) is 0 Å². The maximum absolute atomic E-state index is 11.2. The van der Waals surface area contributed by atoms with Gasteiger partial charge >= 0.3 is 0 Å². The van der Waals surface area contributed by atoms with E-state index in [4.69, 9.17) is 0 Å². The van der Waals surface area contributed by atoms with Crippen molar-refractivity contribution in [2.45, 2.75) is 0 Å². The Kier molecular flexibility index (Phi) is 1.62. The average Bonchev–Trinajstić information content (AvgIpc) is 2.26. The molecule has 1 heterocycles. The largest absolute Gasteiger partial charge is 0.354 e. The van der Waals surface area contributed by atoms with Crippen LogP contribution >= 0.6 is 0 Å². The van der Waals surface area contributed by atoms with Crippen LogP contribution in [0.25, 0.3) is 22.2 Å². The van der Waals surface area contributed by atoms with E-state index >= 15 is 0 Å². The minimum atomic E-state index is 0.0361. The lowest BCUT2D eigenvalue weighted by Gasteiger charge is -2.07. The third-order valence-electron chi connectivity index (χ3n) is 2.57. The van der Waals surface area contributed by atoms with Gasteiger partial charge in [-0.2, -0.15) is 0 Å². The third kappa shape index (κ3) is 1.31. The highest BCUT2D eigenvalue weighted by atomic mass is 16.1. The molecule has 72 valence electrons. The van der Waals surface area contributed by atoms with Crippen molar-refractivity contribution in [3.8, 4) is 11.3 Å². The van der Waals surface area contributed by atoms with Gasteiger partial charge in [0, 0.05) is 17.3 Å². The Labute approximate surface area is 86.5 Å². The first kappa shape index (κ1) is 8.24. The second-order valence-electron chi connectivity index (χ2n) is 3.61. The zero-order chi connectivity index (χ0) is 10.3. The van der Waals surface area contributed by atoms with Crippen LogP contribution in [0.1, 0.15) is 0 Å². The van der Waals surface area contributed by atoms with E-state index < -0.39 is 0 Å². The first-order valence-corrected chi connectivity index (χ1v) is 4.85. The van der Waals surface area contributed by atoms with Gasteiger partial charge in [0.05, 0.1) is 0 Å². The number of H-pyrrole nitrogens is 1. The van der Waals surface area contributed by atoms with Crippen molar-refractivity contribution in [1.29, 1.82) is 0 Å². The lowest BCUT2D eigenvalue weighted by Crippen LogP contribution is -1.99. The van der Waals surface area contributed by atoms with Gasteiger partial charge in [-0.15, -0.1) is 0 Å². The van der Waals surface area contributed by atoms with Crippen molar-refractivity contribution in [3.63, 3.8) is 0 Å². The minimum absolute atomic E-state index is 0.0361. The summed E-state index contributed by atoms with van der Waals surface area (Å²) in [6.07, 6.45) is 0. The molecule has 0 amide bonds. The van der Waals surface area contributed by atoms with Crippen molar-refractivity contribution < 1.29 is 0 Å². The van der Waals surface area contributed by atoms with E-state index in [9.17, 15) is 4.79 Å². The molecule has 1 N–H and O–H groups in total. The standard InChI is InChI=1S/C13H9NO/c15-11-6-5-10-7-9-3-1-2-4-12(9)14-13(10)8-11/h1-8,14H. The van der Waals surface area contributed by atoms with Gasteiger partial charge in [0.1, 0.15) is 0 Å². The summed E-state index contributed by atoms with van der Waals surface area (Å²) in [5.74, 6) is 0. The number of hydrogen-bond donors (Lipinski definition) is 1. The maximum Gasteiger partial charge on any atom is 0.180 e. The van der Waals surface area contributed by atoms with E-state index in [2.05, 4.69) is 17.1 Å². The minimum Gasteiger partial charge on any atom is -0.354 e. The molecule has 15 heavy (non-hydrogen) atoms. The summed E-state index contributed by atoms with van der Waals surface area (Å²) >= 11 is 0. The number of pyridine rings is 1. The number of aromatic nitrogens is 1. The predicted molar refractivity (Wildman–Crippen MR) is 61.2 cm³/mol. The molecule has 0 saturated carbocycles. The van der Waals surface area contributed by atoms with Crippen LogP contribution in [-0.2, 0) is 0 Å². The average molecular weight is 195 g/mol. The highest BCUT2D eigenvalue weighted by Crippen LogP contribution is 2.22. The summed E-state index contributed by atoms with van der Waals surface area (Å²) in [6, 6.07) is 15.2. The van der Waals surface area contributed by atoms with Crippen LogP contribution in [0.4, 0.5) is 0 Å². The molecule has 0 fully saturated rings. The number of para-hydroxylation sites is 1. The lowest BCUT2D eigenvalue weighted by molar-refractivity contribution is 1.37. The van der Waals surface area contributed by atoms with Gasteiger partial charge in [-0.3, -0.25) is 4.79 Å². The second kappa shape index (κ2) is 2.95. The van der Waals surface area contributed by atoms with Crippen molar-refractivity contribution in [2.75, 3.05) is 0 Å². The molecule has 0 bridgehead atoms. The molecule has 1 aromatic carbocycles. The van der Waals surface area contributed by atoms with Gasteiger partial charge in [0.2, 0.25) is 0 Å². The number of fused-ring (bicyclic) bond motifs is 2. The van der Waals surface area contributed by atoms with Gasteiger partial charge in [-0.05, 0) is 35.2 Å². The number of aromatic amines is 1. The summed E-state index contributed by atoms with van der Waals surface area (Å²) in [4.78, 5) is 14.4. The van der Waals surface area contributed by atoms with Gasteiger partial charge in [0.15, 0.2) is 5.43 Å². The molecule has 3 rings (SSSR count). The van der Waals surface area contributed by atoms with Crippen LogP contribution < -0.4 is 5.43 Å². The van der Waals surface area contributed by atoms with Crippen LogP contribution in [0.2, 0.25) is 0 Å². The number of benzene rings is 2. The van der Waals surface area contributed by atoms with E-state index in [1.165, 1.54) is 0 Å². The summed E-state index contributed by atoms with van der Waals surface area (Å²) in [5.41, 5.74) is 3.04. The van der Waals surface area contributed by atoms with Crippen LogP contribution in [0.15, 0.2) is 53.3 Å². The summed E-state index contributed by atoms with van der Waals surface area (Å²) < 4.78 is 0. The Morgan fingerprint density at radius 3 is 2.73 bits per heavy atom. The monoisotopic (exact) mass is 195 g/mol. The van der Waals surface area contributed by atoms with Gasteiger partial charge in [-0.1, -0.05) is 18.2 Å². The molecule has 2 aliphatic rings. The molecule has 0 spiro atoms. The molecule has 2 nitrogen and oxygen atoms in total. The van der Waals surface area contributed by atoms with E-state index in [1.807, 2.05) is 24.3 Å². The Morgan fingerprint density at radius 1 is 0.933 bits per heavy atom. The molecule has 0 aromatic heterocycles. The molecule has 0 atom stereocenters. The first-order chi connectivity index (χ1) is 7.33. The SMILES string of the molecule is O=c1ccc2cc3ccccc3[nH]c-2c1. The molecular formula is C13H9NO. The van der Waals surface area contributed by atoms with E-state index in [0.717, 1.165) is 22.2 Å². The van der Waals surface area contributed by atoms with E-state index in [-0.39, 0.29) is 5.43 Å². The summed E-state index contributed by atoms with van der Waals surface area (Å²) in [6.45, 7) is 0. The molecular weight excluding hydrogens is 186 g/mol. The fraction of sp³-hybridized carbons (Fsp3) is 0. The van der Waals surface area contributed by atoms with Crippen molar-refractivity contribution >= 4 is 10.9 Å². The van der Waals surface area contributed by atoms with Crippen molar-refractivity contribution in [3.05, 3.63) is 58.8 Å². The predicted octanol–water partition coefficient (Wildman–Crippen LogP) is 2.63. The maximum atomic E-state index is 11.2. The normalized spacial score (nSPS) is 10.9. The Hall–Kier alpha value is -2.09. The Morgan fingerprint density at radius 2 is 1.80 bits per heavy atom. The zero-order valence-electron chi connectivity index (χ0n) is 8.03. The molecule has 0 unspecified atom stereocenters. The smallest absolute Gasteiger partial charge is 0.180 e. The summed E-state index contributed by atoms with van der Waals surface area (Å²) in [5, 5.41) is 1.16. The zero-order valence-corrected chi connectivity index (χ0v) is 8.03. The fourth-order valence-corrected chi connectivity index (χ4v) is 1.82. The molecule has 0 saturated heterocycles. The molecule has 1 aliphatic heterocycles. The molecule has 0 radical (unpaired) electrons. The van der Waals surface area contributed by atoms with Gasteiger partial charge in [0.25, 0.3) is 0 Å². The van der Waals surface area contributed by atoms with E-state index in [1.54, 1.807) is 12.1 Å². The highest BCUT2D eigenvalue weighted by Gasteiger charge is 2.03. The molecule has 2 heteroatoms. The highest BCUT2D eigenvalue weighted by molar-refractivity contribution is 5.85. The topological polar surface area (TPSA) is 32.9 Å². The molecule has 1 aromatic rings. The second-order valence-corrected chi connectivity index (χ2v) is 3.61. The van der Waals surface area contributed by atoms with Crippen molar-refractivity contribution in [1.82, 2.24) is 4.98 Å². The third-order valence-corrected chi connectivity index (χ3v) is 2.57. The first-order valence-electron chi connectivity index (χ1n) is 4.85. The number of rotatable bonds is 0.